The summed E-state index contributed by atoms with van der Waals surface area (Å²) in [5.41, 5.74) is 2.60. The molecule has 2 rings (SSSR count). The van der Waals surface area contributed by atoms with Crippen molar-refractivity contribution in [1.82, 2.24) is 0 Å². The van der Waals surface area contributed by atoms with Crippen LogP contribution < -0.4 is 5.32 Å². The normalized spacial score (nSPS) is 10.2. The van der Waals surface area contributed by atoms with Crippen LogP contribution in [-0.2, 0) is 0 Å². The standard InChI is InChI=1S/C15H13BrN2O3/c1-9-3-5-12(18(20)21)8-14(9)17-15(19)11-4-6-13(16)10(2)7-11/h3-8H,1-2H3,(H,17,19). The Morgan fingerprint density at radius 2 is 1.86 bits per heavy atom. The number of nitrogens with one attached hydrogen (secondary N) is 1. The number of nitrogens with zero attached hydrogens (tertiary/aromatic N) is 1. The van der Waals surface area contributed by atoms with Crippen LogP contribution in [-0.4, -0.2) is 10.8 Å². The van der Waals surface area contributed by atoms with E-state index in [4.69, 9.17) is 0 Å². The van der Waals surface area contributed by atoms with Gasteiger partial charge < -0.3 is 5.32 Å². The lowest BCUT2D eigenvalue weighted by Crippen LogP contribution is -2.13. The van der Waals surface area contributed by atoms with Crippen molar-refractivity contribution in [3.05, 3.63) is 67.7 Å². The summed E-state index contributed by atoms with van der Waals surface area (Å²) < 4.78 is 0.922. The predicted molar refractivity (Wildman–Crippen MR) is 84.7 cm³/mol. The Morgan fingerprint density at radius 3 is 2.48 bits per heavy atom. The van der Waals surface area contributed by atoms with Gasteiger partial charge in [0.05, 0.1) is 10.6 Å². The molecule has 0 fully saturated rings. The van der Waals surface area contributed by atoms with Crippen LogP contribution in [0, 0.1) is 24.0 Å². The zero-order valence-corrected chi connectivity index (χ0v) is 13.1. The highest BCUT2D eigenvalue weighted by molar-refractivity contribution is 9.10. The summed E-state index contributed by atoms with van der Waals surface area (Å²) in [4.78, 5) is 22.5. The number of halogens is 1. The van der Waals surface area contributed by atoms with E-state index < -0.39 is 4.92 Å². The van der Waals surface area contributed by atoms with E-state index in [0.29, 0.717) is 11.3 Å². The number of benzene rings is 2. The van der Waals surface area contributed by atoms with Crippen LogP contribution in [0.3, 0.4) is 0 Å². The molecule has 108 valence electrons. The summed E-state index contributed by atoms with van der Waals surface area (Å²) in [6.45, 7) is 3.67. The molecule has 0 radical (unpaired) electrons. The van der Waals surface area contributed by atoms with Crippen molar-refractivity contribution in [2.45, 2.75) is 13.8 Å². The molecular formula is C15H13BrN2O3. The number of hydrogen-bond donors (Lipinski definition) is 1. The van der Waals surface area contributed by atoms with Crippen molar-refractivity contribution in [3.63, 3.8) is 0 Å². The van der Waals surface area contributed by atoms with Crippen molar-refractivity contribution in [2.24, 2.45) is 0 Å². The zero-order valence-electron chi connectivity index (χ0n) is 11.5. The fourth-order valence-corrected chi connectivity index (χ4v) is 2.09. The van der Waals surface area contributed by atoms with Crippen LogP contribution in [0.4, 0.5) is 11.4 Å². The molecule has 0 spiro atoms. The quantitative estimate of drug-likeness (QED) is 0.666. The lowest BCUT2D eigenvalue weighted by molar-refractivity contribution is -0.384. The first kappa shape index (κ1) is 15.2. The number of nitro groups is 1. The number of aryl methyl sites for hydroxylation is 2. The van der Waals surface area contributed by atoms with E-state index in [9.17, 15) is 14.9 Å². The molecule has 21 heavy (non-hydrogen) atoms. The maximum absolute atomic E-state index is 12.2. The average Bonchev–Trinajstić information content (AvgIpc) is 2.43. The van der Waals surface area contributed by atoms with Crippen LogP contribution in [0.2, 0.25) is 0 Å². The molecule has 0 heterocycles. The first-order valence-corrected chi connectivity index (χ1v) is 7.00. The molecule has 1 amide bonds. The first-order chi connectivity index (χ1) is 9.88. The van der Waals surface area contributed by atoms with Crippen molar-refractivity contribution < 1.29 is 9.72 Å². The van der Waals surface area contributed by atoms with Crippen molar-refractivity contribution in [2.75, 3.05) is 5.32 Å². The lowest BCUT2D eigenvalue weighted by Gasteiger charge is -2.09. The number of nitro benzene ring substituents is 1. The van der Waals surface area contributed by atoms with Gasteiger partial charge in [0.2, 0.25) is 0 Å². The summed E-state index contributed by atoms with van der Waals surface area (Å²) in [5, 5.41) is 13.5. The van der Waals surface area contributed by atoms with Gasteiger partial charge in [0.25, 0.3) is 11.6 Å². The zero-order chi connectivity index (χ0) is 15.6. The maximum Gasteiger partial charge on any atom is 0.271 e. The number of non-ortho nitro benzene ring substituents is 1. The van der Waals surface area contributed by atoms with E-state index >= 15 is 0 Å². The van der Waals surface area contributed by atoms with E-state index in [0.717, 1.165) is 15.6 Å². The summed E-state index contributed by atoms with van der Waals surface area (Å²) in [5.74, 6) is -0.297. The van der Waals surface area contributed by atoms with Gasteiger partial charge in [-0.2, -0.15) is 0 Å². The third-order valence-corrected chi connectivity index (χ3v) is 3.99. The Balaban J connectivity index is 2.28. The molecule has 5 nitrogen and oxygen atoms in total. The molecule has 0 aliphatic carbocycles. The molecule has 1 N–H and O–H groups in total. The highest BCUT2D eigenvalue weighted by Gasteiger charge is 2.12. The van der Waals surface area contributed by atoms with E-state index in [1.54, 1.807) is 31.2 Å². The second-order valence-corrected chi connectivity index (χ2v) is 5.53. The predicted octanol–water partition coefficient (Wildman–Crippen LogP) is 4.23. The minimum absolute atomic E-state index is 0.0529. The molecule has 0 saturated carbocycles. The molecular weight excluding hydrogens is 336 g/mol. The van der Waals surface area contributed by atoms with Gasteiger partial charge in [-0.25, -0.2) is 0 Å². The lowest BCUT2D eigenvalue weighted by atomic mass is 10.1. The third-order valence-electron chi connectivity index (χ3n) is 3.10. The molecule has 0 saturated heterocycles. The van der Waals surface area contributed by atoms with E-state index in [1.807, 2.05) is 6.92 Å². The van der Waals surface area contributed by atoms with Gasteiger partial charge in [-0.3, -0.25) is 14.9 Å². The van der Waals surface area contributed by atoms with E-state index in [-0.39, 0.29) is 11.6 Å². The molecule has 0 aliphatic rings. The van der Waals surface area contributed by atoms with Gasteiger partial charge in [0.1, 0.15) is 0 Å². The van der Waals surface area contributed by atoms with Crippen molar-refractivity contribution in [3.8, 4) is 0 Å². The van der Waals surface area contributed by atoms with Crippen LogP contribution in [0.1, 0.15) is 21.5 Å². The Hall–Kier alpha value is -2.21. The number of amides is 1. The van der Waals surface area contributed by atoms with Gasteiger partial charge >= 0.3 is 0 Å². The van der Waals surface area contributed by atoms with Crippen LogP contribution in [0.15, 0.2) is 40.9 Å². The average molecular weight is 349 g/mol. The maximum atomic E-state index is 12.2. The smallest absolute Gasteiger partial charge is 0.271 e. The first-order valence-electron chi connectivity index (χ1n) is 6.21. The molecule has 2 aromatic rings. The fourth-order valence-electron chi connectivity index (χ4n) is 1.84. The summed E-state index contributed by atoms with van der Waals surface area (Å²) in [6, 6.07) is 9.63. The van der Waals surface area contributed by atoms with Gasteiger partial charge in [0.15, 0.2) is 0 Å². The molecule has 6 heteroatoms. The molecule has 0 bridgehead atoms. The van der Waals surface area contributed by atoms with E-state index in [2.05, 4.69) is 21.2 Å². The van der Waals surface area contributed by atoms with Gasteiger partial charge in [-0.1, -0.05) is 22.0 Å². The fraction of sp³-hybridized carbons (Fsp3) is 0.133. The van der Waals surface area contributed by atoms with Crippen LogP contribution >= 0.6 is 15.9 Å². The summed E-state index contributed by atoms with van der Waals surface area (Å²) in [6.07, 6.45) is 0. The monoisotopic (exact) mass is 348 g/mol. The molecule has 2 aromatic carbocycles. The molecule has 0 aliphatic heterocycles. The number of carbonyl (C=O) groups excluding carboxylic acids is 1. The van der Waals surface area contributed by atoms with Crippen LogP contribution in [0.25, 0.3) is 0 Å². The number of rotatable bonds is 3. The van der Waals surface area contributed by atoms with Crippen molar-refractivity contribution in [1.29, 1.82) is 0 Å². The second kappa shape index (κ2) is 6.05. The SMILES string of the molecule is Cc1cc(C(=O)Nc2cc([N+](=O)[O-])ccc2C)ccc1Br. The summed E-state index contributed by atoms with van der Waals surface area (Å²) >= 11 is 3.38. The largest absolute Gasteiger partial charge is 0.321 e. The number of carbonyl (C=O) groups is 1. The van der Waals surface area contributed by atoms with Gasteiger partial charge in [-0.15, -0.1) is 0 Å². The Kier molecular flexibility index (Phi) is 4.37. The third kappa shape index (κ3) is 3.46. The summed E-state index contributed by atoms with van der Waals surface area (Å²) in [7, 11) is 0. The second-order valence-electron chi connectivity index (χ2n) is 4.67. The minimum Gasteiger partial charge on any atom is -0.321 e. The highest BCUT2D eigenvalue weighted by atomic mass is 79.9. The Labute approximate surface area is 130 Å². The Morgan fingerprint density at radius 1 is 1.14 bits per heavy atom. The highest BCUT2D eigenvalue weighted by Crippen LogP contribution is 2.23. The van der Waals surface area contributed by atoms with E-state index in [1.165, 1.54) is 12.1 Å². The molecule has 0 aromatic heterocycles. The molecule has 0 atom stereocenters. The number of anilines is 1. The Bertz CT molecular complexity index is 729. The molecule has 0 unspecified atom stereocenters. The topological polar surface area (TPSA) is 72.2 Å². The minimum atomic E-state index is -0.487. The van der Waals surface area contributed by atoms with Crippen molar-refractivity contribution >= 4 is 33.2 Å². The van der Waals surface area contributed by atoms with Gasteiger partial charge in [-0.05, 0) is 43.2 Å². The van der Waals surface area contributed by atoms with Crippen LogP contribution in [0.5, 0.6) is 0 Å². The van der Waals surface area contributed by atoms with Gasteiger partial charge in [0, 0.05) is 22.2 Å². The number of hydrogen-bond acceptors (Lipinski definition) is 3.